The van der Waals surface area contributed by atoms with Gasteiger partial charge >= 0.3 is 0 Å². The third-order valence-corrected chi connectivity index (χ3v) is 2.89. The Morgan fingerprint density at radius 2 is 1.94 bits per heavy atom. The third kappa shape index (κ3) is 5.85. The summed E-state index contributed by atoms with van der Waals surface area (Å²) in [6.07, 6.45) is 2.20. The van der Waals surface area contributed by atoms with Crippen molar-refractivity contribution in [2.24, 2.45) is 0 Å². The Morgan fingerprint density at radius 3 is 2.65 bits per heavy atom. The van der Waals surface area contributed by atoms with Crippen LogP contribution in [0.25, 0.3) is 0 Å². The van der Waals surface area contributed by atoms with Gasteiger partial charge in [0.15, 0.2) is 0 Å². The number of rotatable bonds is 8. The van der Waals surface area contributed by atoms with Crippen LogP contribution in [0.4, 0.5) is 0 Å². The molecule has 0 spiro atoms. The maximum Gasteiger partial charge on any atom is 0.0478 e. The largest absolute Gasteiger partial charge is 0.381 e. The van der Waals surface area contributed by atoms with Crippen molar-refractivity contribution in [1.82, 2.24) is 5.32 Å². The lowest BCUT2D eigenvalue weighted by molar-refractivity contribution is 0.132. The highest BCUT2D eigenvalue weighted by Crippen LogP contribution is 2.09. The highest BCUT2D eigenvalue weighted by Gasteiger charge is 1.96. The van der Waals surface area contributed by atoms with Crippen LogP contribution in [0.15, 0.2) is 18.2 Å². The SMILES string of the molecule is CCCOCCCNCc1ccc(C)c(C)c1. The predicted octanol–water partition coefficient (Wildman–Crippen LogP) is 3.21. The summed E-state index contributed by atoms with van der Waals surface area (Å²) in [4.78, 5) is 0. The summed E-state index contributed by atoms with van der Waals surface area (Å²) in [5.41, 5.74) is 4.10. The second-order valence-electron chi connectivity index (χ2n) is 4.56. The lowest BCUT2D eigenvalue weighted by Crippen LogP contribution is -2.16. The summed E-state index contributed by atoms with van der Waals surface area (Å²) in [6, 6.07) is 6.65. The van der Waals surface area contributed by atoms with Gasteiger partial charge in [0, 0.05) is 19.8 Å². The minimum absolute atomic E-state index is 0.869. The summed E-state index contributed by atoms with van der Waals surface area (Å²) < 4.78 is 5.43. The van der Waals surface area contributed by atoms with Crippen molar-refractivity contribution in [3.05, 3.63) is 34.9 Å². The number of nitrogens with one attached hydrogen (secondary N) is 1. The number of benzene rings is 1. The van der Waals surface area contributed by atoms with E-state index in [1.165, 1.54) is 16.7 Å². The molecule has 0 unspecified atom stereocenters. The zero-order chi connectivity index (χ0) is 12.5. The molecule has 0 amide bonds. The maximum atomic E-state index is 5.43. The molecule has 0 bridgehead atoms. The second-order valence-corrected chi connectivity index (χ2v) is 4.56. The van der Waals surface area contributed by atoms with E-state index in [4.69, 9.17) is 4.74 Å². The number of ether oxygens (including phenoxy) is 1. The van der Waals surface area contributed by atoms with Crippen LogP contribution < -0.4 is 5.32 Å². The van der Waals surface area contributed by atoms with Crippen LogP contribution >= 0.6 is 0 Å². The van der Waals surface area contributed by atoms with Crippen LogP contribution in [0.2, 0.25) is 0 Å². The van der Waals surface area contributed by atoms with Crippen molar-refractivity contribution in [2.75, 3.05) is 19.8 Å². The lowest BCUT2D eigenvalue weighted by Gasteiger charge is -2.07. The fraction of sp³-hybridized carbons (Fsp3) is 0.600. The van der Waals surface area contributed by atoms with Crippen molar-refractivity contribution < 1.29 is 4.74 Å². The van der Waals surface area contributed by atoms with E-state index >= 15 is 0 Å². The molecule has 96 valence electrons. The Morgan fingerprint density at radius 1 is 1.12 bits per heavy atom. The molecule has 1 rings (SSSR count). The van der Waals surface area contributed by atoms with Crippen LogP contribution in [-0.2, 0) is 11.3 Å². The van der Waals surface area contributed by atoms with Gasteiger partial charge in [-0.3, -0.25) is 0 Å². The predicted molar refractivity (Wildman–Crippen MR) is 73.3 cm³/mol. The first kappa shape index (κ1) is 14.2. The third-order valence-electron chi connectivity index (χ3n) is 2.89. The number of hydrogen-bond acceptors (Lipinski definition) is 2. The average Bonchev–Trinajstić information content (AvgIpc) is 2.32. The molecule has 0 aliphatic carbocycles. The molecule has 2 nitrogen and oxygen atoms in total. The zero-order valence-electron chi connectivity index (χ0n) is 11.4. The van der Waals surface area contributed by atoms with Crippen molar-refractivity contribution in [1.29, 1.82) is 0 Å². The molecule has 1 aromatic carbocycles. The summed E-state index contributed by atoms with van der Waals surface area (Å²) in [7, 11) is 0. The van der Waals surface area contributed by atoms with Crippen LogP contribution in [0.1, 0.15) is 36.5 Å². The first-order valence-corrected chi connectivity index (χ1v) is 6.58. The van der Waals surface area contributed by atoms with Crippen molar-refractivity contribution >= 4 is 0 Å². The van der Waals surface area contributed by atoms with E-state index in [-0.39, 0.29) is 0 Å². The Kier molecular flexibility index (Phi) is 6.90. The van der Waals surface area contributed by atoms with Crippen LogP contribution in [0.3, 0.4) is 0 Å². The van der Waals surface area contributed by atoms with Gasteiger partial charge in [0.1, 0.15) is 0 Å². The highest BCUT2D eigenvalue weighted by atomic mass is 16.5. The van der Waals surface area contributed by atoms with E-state index in [1.54, 1.807) is 0 Å². The molecule has 0 aliphatic rings. The molecule has 0 aliphatic heterocycles. The zero-order valence-corrected chi connectivity index (χ0v) is 11.4. The Balaban J connectivity index is 2.11. The molecular formula is C15H25NO. The molecule has 0 saturated heterocycles. The smallest absolute Gasteiger partial charge is 0.0478 e. The quantitative estimate of drug-likeness (QED) is 0.699. The molecule has 0 saturated carbocycles. The average molecular weight is 235 g/mol. The van der Waals surface area contributed by atoms with E-state index in [0.29, 0.717) is 0 Å². The van der Waals surface area contributed by atoms with Crippen molar-refractivity contribution in [3.8, 4) is 0 Å². The fourth-order valence-electron chi connectivity index (χ4n) is 1.69. The Labute approximate surface area is 105 Å². The second kappa shape index (κ2) is 8.26. The molecule has 0 fully saturated rings. The van der Waals surface area contributed by atoms with Gasteiger partial charge in [0.2, 0.25) is 0 Å². The Hall–Kier alpha value is -0.860. The molecule has 1 aromatic rings. The topological polar surface area (TPSA) is 21.3 Å². The fourth-order valence-corrected chi connectivity index (χ4v) is 1.69. The minimum atomic E-state index is 0.869. The van der Waals surface area contributed by atoms with Gasteiger partial charge < -0.3 is 10.1 Å². The van der Waals surface area contributed by atoms with E-state index in [1.807, 2.05) is 0 Å². The normalized spacial score (nSPS) is 10.8. The van der Waals surface area contributed by atoms with Gasteiger partial charge in [-0.25, -0.2) is 0 Å². The molecular weight excluding hydrogens is 210 g/mol. The monoisotopic (exact) mass is 235 g/mol. The standard InChI is InChI=1S/C15H25NO/c1-4-9-17-10-5-8-16-12-15-7-6-13(2)14(3)11-15/h6-7,11,16H,4-5,8-10,12H2,1-3H3. The maximum absolute atomic E-state index is 5.43. The van der Waals surface area contributed by atoms with E-state index in [2.05, 4.69) is 44.3 Å². The summed E-state index contributed by atoms with van der Waals surface area (Å²) >= 11 is 0. The summed E-state index contributed by atoms with van der Waals surface area (Å²) in [6.45, 7) is 10.2. The van der Waals surface area contributed by atoms with Gasteiger partial charge in [-0.2, -0.15) is 0 Å². The first-order valence-electron chi connectivity index (χ1n) is 6.58. The molecule has 0 atom stereocenters. The first-order chi connectivity index (χ1) is 8.24. The molecule has 1 N–H and O–H groups in total. The van der Waals surface area contributed by atoms with Gasteiger partial charge in [-0.05, 0) is 49.9 Å². The van der Waals surface area contributed by atoms with Crippen LogP contribution in [-0.4, -0.2) is 19.8 Å². The molecule has 0 radical (unpaired) electrons. The summed E-state index contributed by atoms with van der Waals surface area (Å²) in [5, 5.41) is 3.45. The van der Waals surface area contributed by atoms with E-state index < -0.39 is 0 Å². The van der Waals surface area contributed by atoms with Gasteiger partial charge in [0.25, 0.3) is 0 Å². The van der Waals surface area contributed by atoms with Crippen LogP contribution in [0, 0.1) is 13.8 Å². The number of aryl methyl sites for hydroxylation is 2. The Bertz CT molecular complexity index is 323. The van der Waals surface area contributed by atoms with Gasteiger partial charge in [0.05, 0.1) is 0 Å². The number of hydrogen-bond donors (Lipinski definition) is 1. The molecule has 17 heavy (non-hydrogen) atoms. The van der Waals surface area contributed by atoms with Crippen LogP contribution in [0.5, 0.6) is 0 Å². The summed E-state index contributed by atoms with van der Waals surface area (Å²) in [5.74, 6) is 0. The lowest BCUT2D eigenvalue weighted by atomic mass is 10.1. The molecule has 2 heteroatoms. The molecule has 0 heterocycles. The van der Waals surface area contributed by atoms with Crippen molar-refractivity contribution in [2.45, 2.75) is 40.2 Å². The highest BCUT2D eigenvalue weighted by molar-refractivity contribution is 5.29. The van der Waals surface area contributed by atoms with Gasteiger partial charge in [-0.1, -0.05) is 25.1 Å². The minimum Gasteiger partial charge on any atom is -0.381 e. The van der Waals surface area contributed by atoms with E-state index in [0.717, 1.165) is 39.1 Å². The van der Waals surface area contributed by atoms with Crippen molar-refractivity contribution in [3.63, 3.8) is 0 Å². The molecule has 0 aromatic heterocycles. The van der Waals surface area contributed by atoms with E-state index in [9.17, 15) is 0 Å². The van der Waals surface area contributed by atoms with Gasteiger partial charge in [-0.15, -0.1) is 0 Å².